The highest BCUT2D eigenvalue weighted by atomic mass is 32.2. The zero-order valence-electron chi connectivity index (χ0n) is 11.5. The number of hydrogen-bond acceptors (Lipinski definition) is 4. The molecule has 0 heterocycles. The molecule has 0 aromatic heterocycles. The molecule has 0 bridgehead atoms. The lowest BCUT2D eigenvalue weighted by Gasteiger charge is -2.13. The fraction of sp³-hybridized carbons (Fsp3) is 0.308. The molecule has 1 atom stereocenters. The molecular formula is C13H16FNO4S2. The number of carbonyl (C=O) groups is 1. The first-order valence-electron chi connectivity index (χ1n) is 5.98. The number of thioether (sulfide) groups is 1. The van der Waals surface area contributed by atoms with Crippen molar-refractivity contribution in [2.24, 2.45) is 0 Å². The summed E-state index contributed by atoms with van der Waals surface area (Å²) in [7, 11) is -3.94. The zero-order chi connectivity index (χ0) is 16.0. The van der Waals surface area contributed by atoms with Crippen molar-refractivity contribution in [3.63, 3.8) is 0 Å². The topological polar surface area (TPSA) is 83.5 Å². The van der Waals surface area contributed by atoms with Gasteiger partial charge in [0.05, 0.1) is 0 Å². The van der Waals surface area contributed by atoms with Crippen LogP contribution in [0.4, 0.5) is 4.39 Å². The van der Waals surface area contributed by atoms with Gasteiger partial charge in [0.25, 0.3) is 0 Å². The standard InChI is InChI=1S/C13H16FNO4S2/c1-9(8-20-2)15-21(18,19)12-5-3-10(7-11(12)14)4-6-13(16)17/h3-7,9,15H,8H2,1-2H3,(H,16,17)/b6-4+. The number of rotatable bonds is 7. The molecule has 2 N–H and O–H groups in total. The molecule has 116 valence electrons. The van der Waals surface area contributed by atoms with Gasteiger partial charge in [0, 0.05) is 17.9 Å². The number of benzene rings is 1. The summed E-state index contributed by atoms with van der Waals surface area (Å²) in [5.41, 5.74) is 0.269. The largest absolute Gasteiger partial charge is 0.478 e. The monoisotopic (exact) mass is 333 g/mol. The van der Waals surface area contributed by atoms with Crippen LogP contribution in [0.3, 0.4) is 0 Å². The quantitative estimate of drug-likeness (QED) is 0.745. The fourth-order valence-electron chi connectivity index (χ4n) is 1.62. The zero-order valence-corrected chi connectivity index (χ0v) is 13.2. The van der Waals surface area contributed by atoms with Crippen molar-refractivity contribution in [2.45, 2.75) is 17.9 Å². The number of carboxylic acid groups (broad SMARTS) is 1. The highest BCUT2D eigenvalue weighted by molar-refractivity contribution is 7.98. The number of halogens is 1. The molecule has 8 heteroatoms. The molecule has 0 saturated carbocycles. The van der Waals surface area contributed by atoms with Crippen molar-refractivity contribution < 1.29 is 22.7 Å². The van der Waals surface area contributed by atoms with Gasteiger partial charge in [-0.05, 0) is 37.0 Å². The molecule has 0 fully saturated rings. The van der Waals surface area contributed by atoms with Gasteiger partial charge in [-0.2, -0.15) is 11.8 Å². The second kappa shape index (κ2) is 7.58. The lowest BCUT2D eigenvalue weighted by Crippen LogP contribution is -2.34. The van der Waals surface area contributed by atoms with E-state index in [1.54, 1.807) is 6.92 Å². The first kappa shape index (κ1) is 17.7. The lowest BCUT2D eigenvalue weighted by atomic mass is 10.2. The minimum absolute atomic E-state index is 0.269. The first-order chi connectivity index (χ1) is 9.76. The van der Waals surface area contributed by atoms with Crippen LogP contribution in [0, 0.1) is 5.82 Å². The van der Waals surface area contributed by atoms with E-state index in [1.165, 1.54) is 23.9 Å². The van der Waals surface area contributed by atoms with Crippen LogP contribution >= 0.6 is 11.8 Å². The second-order valence-electron chi connectivity index (χ2n) is 4.34. The molecule has 0 spiro atoms. The van der Waals surface area contributed by atoms with Crippen molar-refractivity contribution in [2.75, 3.05) is 12.0 Å². The maximum Gasteiger partial charge on any atom is 0.328 e. The Kier molecular flexibility index (Phi) is 6.38. The van der Waals surface area contributed by atoms with Gasteiger partial charge < -0.3 is 5.11 Å². The molecule has 0 aliphatic carbocycles. The Morgan fingerprint density at radius 3 is 2.71 bits per heavy atom. The highest BCUT2D eigenvalue weighted by Gasteiger charge is 2.21. The molecule has 0 saturated heterocycles. The highest BCUT2D eigenvalue weighted by Crippen LogP contribution is 2.17. The van der Waals surface area contributed by atoms with Crippen LogP contribution in [0.5, 0.6) is 0 Å². The normalized spacial score (nSPS) is 13.5. The van der Waals surface area contributed by atoms with E-state index in [2.05, 4.69) is 4.72 Å². The Hall–Kier alpha value is -1.38. The smallest absolute Gasteiger partial charge is 0.328 e. The van der Waals surface area contributed by atoms with Gasteiger partial charge in [0.15, 0.2) is 0 Å². The number of hydrogen-bond donors (Lipinski definition) is 2. The van der Waals surface area contributed by atoms with E-state index >= 15 is 0 Å². The maximum atomic E-state index is 13.9. The van der Waals surface area contributed by atoms with Crippen molar-refractivity contribution in [3.05, 3.63) is 35.7 Å². The van der Waals surface area contributed by atoms with Gasteiger partial charge in [-0.15, -0.1) is 0 Å². The molecule has 21 heavy (non-hydrogen) atoms. The third kappa shape index (κ3) is 5.49. The molecule has 1 unspecified atom stereocenters. The summed E-state index contributed by atoms with van der Waals surface area (Å²) >= 11 is 1.48. The van der Waals surface area contributed by atoms with Gasteiger partial charge in [-0.1, -0.05) is 6.07 Å². The Labute approximate surface area is 127 Å². The van der Waals surface area contributed by atoms with Crippen molar-refractivity contribution >= 4 is 33.8 Å². The van der Waals surface area contributed by atoms with E-state index in [-0.39, 0.29) is 11.6 Å². The van der Waals surface area contributed by atoms with Gasteiger partial charge in [-0.25, -0.2) is 22.3 Å². The van der Waals surface area contributed by atoms with Crippen LogP contribution in [0.1, 0.15) is 12.5 Å². The van der Waals surface area contributed by atoms with Gasteiger partial charge >= 0.3 is 5.97 Å². The minimum Gasteiger partial charge on any atom is -0.478 e. The predicted molar refractivity (Wildman–Crippen MR) is 81.2 cm³/mol. The number of aliphatic carboxylic acids is 1. The van der Waals surface area contributed by atoms with Crippen LogP contribution in [-0.4, -0.2) is 37.5 Å². The number of nitrogens with one attached hydrogen (secondary N) is 1. The molecule has 1 aromatic carbocycles. The predicted octanol–water partition coefficient (Wildman–Crippen LogP) is 1.95. The summed E-state index contributed by atoms with van der Waals surface area (Å²) in [5, 5.41) is 8.49. The Balaban J connectivity index is 3.01. The van der Waals surface area contributed by atoms with E-state index < -0.39 is 26.7 Å². The maximum absolute atomic E-state index is 13.9. The van der Waals surface area contributed by atoms with Gasteiger partial charge in [0.1, 0.15) is 10.7 Å². The lowest BCUT2D eigenvalue weighted by molar-refractivity contribution is -0.131. The molecule has 1 rings (SSSR count). The van der Waals surface area contributed by atoms with Crippen molar-refractivity contribution in [1.82, 2.24) is 4.72 Å². The van der Waals surface area contributed by atoms with E-state index in [1.807, 2.05) is 6.26 Å². The third-order valence-electron chi connectivity index (χ3n) is 2.44. The van der Waals surface area contributed by atoms with Gasteiger partial charge in [-0.3, -0.25) is 0 Å². The summed E-state index contributed by atoms with van der Waals surface area (Å²) in [6, 6.07) is 3.12. The van der Waals surface area contributed by atoms with Crippen LogP contribution in [0.15, 0.2) is 29.2 Å². The summed E-state index contributed by atoms with van der Waals surface area (Å²) in [6.07, 6.45) is 3.88. The third-order valence-corrected chi connectivity index (χ3v) is 4.89. The van der Waals surface area contributed by atoms with Crippen molar-refractivity contribution in [1.29, 1.82) is 0 Å². The van der Waals surface area contributed by atoms with E-state index in [4.69, 9.17) is 5.11 Å². The van der Waals surface area contributed by atoms with E-state index in [9.17, 15) is 17.6 Å². The fourth-order valence-corrected chi connectivity index (χ4v) is 3.61. The van der Waals surface area contributed by atoms with Crippen LogP contribution < -0.4 is 4.72 Å². The summed E-state index contributed by atoms with van der Waals surface area (Å²) < 4.78 is 40.4. The molecule has 0 aliphatic rings. The Bertz CT molecular complexity index is 644. The van der Waals surface area contributed by atoms with E-state index in [0.717, 1.165) is 18.2 Å². The van der Waals surface area contributed by atoms with E-state index in [0.29, 0.717) is 5.75 Å². The molecule has 0 amide bonds. The van der Waals surface area contributed by atoms with Gasteiger partial charge in [0.2, 0.25) is 10.0 Å². The summed E-state index contributed by atoms with van der Waals surface area (Å²) in [5.74, 6) is -1.52. The average molecular weight is 333 g/mol. The number of carboxylic acids is 1. The number of sulfonamides is 1. The summed E-state index contributed by atoms with van der Waals surface area (Å²) in [4.78, 5) is 9.92. The molecule has 0 radical (unpaired) electrons. The molecule has 1 aromatic rings. The molecule has 0 aliphatic heterocycles. The van der Waals surface area contributed by atoms with Crippen LogP contribution in [-0.2, 0) is 14.8 Å². The molecule has 5 nitrogen and oxygen atoms in total. The Morgan fingerprint density at radius 1 is 1.52 bits per heavy atom. The minimum atomic E-state index is -3.94. The first-order valence-corrected chi connectivity index (χ1v) is 8.86. The Morgan fingerprint density at radius 2 is 2.19 bits per heavy atom. The van der Waals surface area contributed by atoms with Crippen LogP contribution in [0.2, 0.25) is 0 Å². The molecular weight excluding hydrogens is 317 g/mol. The summed E-state index contributed by atoms with van der Waals surface area (Å²) in [6.45, 7) is 1.69. The SMILES string of the molecule is CSCC(C)NS(=O)(=O)c1ccc(/C=C/C(=O)O)cc1F. The van der Waals surface area contributed by atoms with Crippen LogP contribution in [0.25, 0.3) is 6.08 Å². The van der Waals surface area contributed by atoms with Crippen molar-refractivity contribution in [3.8, 4) is 0 Å². The second-order valence-corrected chi connectivity index (χ2v) is 6.93. The average Bonchev–Trinajstić information content (AvgIpc) is 2.35.